The minimum atomic E-state index is -0.0273. The molecule has 2 N–H and O–H groups in total. The van der Waals surface area contributed by atoms with Crippen molar-refractivity contribution in [2.45, 2.75) is 32.2 Å². The zero-order valence-electron chi connectivity index (χ0n) is 9.73. The Kier molecular flexibility index (Phi) is 5.80. The number of nitrogens with zero attached hydrogens (tertiary/aromatic N) is 2. The van der Waals surface area contributed by atoms with Crippen molar-refractivity contribution >= 4 is 29.8 Å². The quantitative estimate of drug-likeness (QED) is 0.865. The maximum absolute atomic E-state index is 11.9. The van der Waals surface area contributed by atoms with Crippen LogP contribution in [0.4, 0.5) is 0 Å². The van der Waals surface area contributed by atoms with E-state index in [9.17, 15) is 4.79 Å². The summed E-state index contributed by atoms with van der Waals surface area (Å²) in [7, 11) is 0. The van der Waals surface area contributed by atoms with E-state index >= 15 is 0 Å². The Morgan fingerprint density at radius 1 is 1.65 bits per heavy atom. The second kappa shape index (κ2) is 6.88. The second-order valence-electron chi connectivity index (χ2n) is 3.92. The van der Waals surface area contributed by atoms with Crippen LogP contribution in [0.1, 0.15) is 35.1 Å². The maximum atomic E-state index is 11.9. The summed E-state index contributed by atoms with van der Waals surface area (Å²) in [5.41, 5.74) is 0.797. The van der Waals surface area contributed by atoms with E-state index in [2.05, 4.69) is 20.2 Å². The molecule has 1 aliphatic rings. The summed E-state index contributed by atoms with van der Waals surface area (Å²) in [6.45, 7) is 3.89. The number of halogens is 1. The number of amides is 1. The van der Waals surface area contributed by atoms with Gasteiger partial charge in [-0.3, -0.25) is 4.79 Å². The van der Waals surface area contributed by atoms with E-state index in [1.54, 1.807) is 0 Å². The van der Waals surface area contributed by atoms with Crippen molar-refractivity contribution in [2.75, 3.05) is 13.1 Å². The van der Waals surface area contributed by atoms with E-state index in [4.69, 9.17) is 0 Å². The van der Waals surface area contributed by atoms with Gasteiger partial charge in [0.25, 0.3) is 5.91 Å². The van der Waals surface area contributed by atoms with Crippen LogP contribution in [0, 0.1) is 0 Å². The number of hydrogen-bond acceptors (Lipinski definition) is 5. The topological polar surface area (TPSA) is 66.9 Å². The Morgan fingerprint density at radius 3 is 3.12 bits per heavy atom. The average molecular weight is 277 g/mol. The molecule has 0 spiro atoms. The van der Waals surface area contributed by atoms with E-state index < -0.39 is 0 Å². The monoisotopic (exact) mass is 276 g/mol. The third-order valence-corrected chi connectivity index (χ3v) is 3.50. The molecule has 96 valence electrons. The minimum Gasteiger partial charge on any atom is -0.347 e. The van der Waals surface area contributed by atoms with E-state index in [-0.39, 0.29) is 24.4 Å². The smallest absolute Gasteiger partial charge is 0.265 e. The second-order valence-corrected chi connectivity index (χ2v) is 4.67. The predicted octanol–water partition coefficient (Wildman–Crippen LogP) is 1.00. The van der Waals surface area contributed by atoms with Gasteiger partial charge in [-0.05, 0) is 37.3 Å². The Bertz CT molecular complexity index is 365. The van der Waals surface area contributed by atoms with Crippen molar-refractivity contribution in [3.8, 4) is 0 Å². The molecular formula is C10H17ClN4OS. The molecule has 0 radical (unpaired) electrons. The zero-order chi connectivity index (χ0) is 11.4. The highest BCUT2D eigenvalue weighted by Crippen LogP contribution is 2.12. The minimum absolute atomic E-state index is 0. The lowest BCUT2D eigenvalue weighted by Gasteiger charge is -2.23. The molecule has 0 bridgehead atoms. The van der Waals surface area contributed by atoms with Gasteiger partial charge in [0, 0.05) is 12.6 Å². The summed E-state index contributed by atoms with van der Waals surface area (Å²) in [5.74, 6) is -0.0273. The fraction of sp³-hybridized carbons (Fsp3) is 0.700. The fourth-order valence-corrected chi connectivity index (χ4v) is 2.49. The molecule has 0 unspecified atom stereocenters. The molecule has 1 saturated heterocycles. The number of carbonyl (C=O) groups is 1. The molecule has 1 fully saturated rings. The van der Waals surface area contributed by atoms with Gasteiger partial charge in [0.1, 0.15) is 4.88 Å². The number of rotatable bonds is 3. The molecule has 1 aliphatic heterocycles. The van der Waals surface area contributed by atoms with Gasteiger partial charge < -0.3 is 10.6 Å². The highest BCUT2D eigenvalue weighted by atomic mass is 35.5. The molecule has 0 aliphatic carbocycles. The molecule has 17 heavy (non-hydrogen) atoms. The summed E-state index contributed by atoms with van der Waals surface area (Å²) >= 11 is 1.18. The number of nitrogens with one attached hydrogen (secondary N) is 2. The highest BCUT2D eigenvalue weighted by molar-refractivity contribution is 7.08. The summed E-state index contributed by atoms with van der Waals surface area (Å²) in [4.78, 5) is 12.6. The SMILES string of the molecule is CCc1nnsc1C(=O)N[C@H]1CCCNC1.Cl. The Hall–Kier alpha value is -0.720. The average Bonchev–Trinajstić information content (AvgIpc) is 2.78. The van der Waals surface area contributed by atoms with Crippen LogP contribution in [0.2, 0.25) is 0 Å². The summed E-state index contributed by atoms with van der Waals surface area (Å²) < 4.78 is 3.82. The number of piperidine rings is 1. The Morgan fingerprint density at radius 2 is 2.47 bits per heavy atom. The third-order valence-electron chi connectivity index (χ3n) is 2.73. The van der Waals surface area contributed by atoms with Crippen LogP contribution in [0.3, 0.4) is 0 Å². The molecule has 2 heterocycles. The lowest BCUT2D eigenvalue weighted by molar-refractivity contribution is 0.0933. The van der Waals surface area contributed by atoms with Gasteiger partial charge in [0.15, 0.2) is 0 Å². The molecule has 1 atom stereocenters. The van der Waals surface area contributed by atoms with Gasteiger partial charge >= 0.3 is 0 Å². The van der Waals surface area contributed by atoms with Crippen molar-refractivity contribution in [3.05, 3.63) is 10.6 Å². The summed E-state index contributed by atoms with van der Waals surface area (Å²) in [6, 6.07) is 0.244. The Labute approximate surface area is 111 Å². The predicted molar refractivity (Wildman–Crippen MR) is 69.9 cm³/mol. The third kappa shape index (κ3) is 3.62. The van der Waals surface area contributed by atoms with Gasteiger partial charge in [-0.25, -0.2) is 0 Å². The van der Waals surface area contributed by atoms with Gasteiger partial charge in [0.2, 0.25) is 0 Å². The van der Waals surface area contributed by atoms with Crippen LogP contribution >= 0.6 is 23.9 Å². The molecule has 1 amide bonds. The van der Waals surface area contributed by atoms with Crippen LogP contribution in [0.5, 0.6) is 0 Å². The first-order chi connectivity index (χ1) is 7.81. The first-order valence-corrected chi connectivity index (χ1v) is 6.41. The van der Waals surface area contributed by atoms with Crippen molar-refractivity contribution in [2.24, 2.45) is 0 Å². The van der Waals surface area contributed by atoms with Crippen LogP contribution < -0.4 is 10.6 Å². The van der Waals surface area contributed by atoms with Crippen molar-refractivity contribution in [1.82, 2.24) is 20.2 Å². The van der Waals surface area contributed by atoms with Crippen molar-refractivity contribution in [1.29, 1.82) is 0 Å². The molecule has 1 aromatic rings. The zero-order valence-corrected chi connectivity index (χ0v) is 11.4. The van der Waals surface area contributed by atoms with Crippen LogP contribution in [0.25, 0.3) is 0 Å². The molecule has 5 nitrogen and oxygen atoms in total. The number of aryl methyl sites for hydroxylation is 1. The van der Waals surface area contributed by atoms with Crippen LogP contribution in [-0.4, -0.2) is 34.6 Å². The van der Waals surface area contributed by atoms with Gasteiger partial charge in [-0.2, -0.15) is 0 Å². The molecule has 1 aromatic heterocycles. The normalized spacial score (nSPS) is 19.5. The highest BCUT2D eigenvalue weighted by Gasteiger charge is 2.20. The number of hydrogen-bond donors (Lipinski definition) is 2. The summed E-state index contributed by atoms with van der Waals surface area (Å²) in [6.07, 6.45) is 2.92. The molecular weight excluding hydrogens is 260 g/mol. The fourth-order valence-electron chi connectivity index (χ4n) is 1.84. The van der Waals surface area contributed by atoms with E-state index in [0.717, 1.165) is 38.0 Å². The van der Waals surface area contributed by atoms with E-state index in [1.807, 2.05) is 6.92 Å². The molecule has 0 aromatic carbocycles. The largest absolute Gasteiger partial charge is 0.347 e. The first-order valence-electron chi connectivity index (χ1n) is 5.64. The molecule has 2 rings (SSSR count). The first kappa shape index (κ1) is 14.3. The maximum Gasteiger partial charge on any atom is 0.265 e. The number of carbonyl (C=O) groups excluding carboxylic acids is 1. The summed E-state index contributed by atoms with van der Waals surface area (Å²) in [5, 5.41) is 10.2. The molecule has 7 heteroatoms. The van der Waals surface area contributed by atoms with E-state index in [0.29, 0.717) is 4.88 Å². The Balaban J connectivity index is 0.00000144. The lowest BCUT2D eigenvalue weighted by atomic mass is 10.1. The lowest BCUT2D eigenvalue weighted by Crippen LogP contribution is -2.45. The van der Waals surface area contributed by atoms with Gasteiger partial charge in [-0.1, -0.05) is 11.4 Å². The molecule has 0 saturated carbocycles. The van der Waals surface area contributed by atoms with E-state index in [1.165, 1.54) is 11.5 Å². The van der Waals surface area contributed by atoms with Gasteiger partial charge in [-0.15, -0.1) is 17.5 Å². The van der Waals surface area contributed by atoms with Crippen LogP contribution in [0.15, 0.2) is 0 Å². The number of aromatic nitrogens is 2. The van der Waals surface area contributed by atoms with Gasteiger partial charge in [0.05, 0.1) is 5.69 Å². The standard InChI is InChI=1S/C10H16N4OS.ClH/c1-2-8-9(16-14-13-8)10(15)12-7-4-3-5-11-6-7;/h7,11H,2-6H2,1H3,(H,12,15);1H/t7-;/m0./s1. The van der Waals surface area contributed by atoms with Crippen molar-refractivity contribution < 1.29 is 4.79 Å². The van der Waals surface area contributed by atoms with Crippen molar-refractivity contribution in [3.63, 3.8) is 0 Å². The van der Waals surface area contributed by atoms with Crippen LogP contribution in [-0.2, 0) is 6.42 Å².